The molecular formula is C10H14N4S. The highest BCUT2D eigenvalue weighted by Crippen LogP contribution is 2.23. The van der Waals surface area contributed by atoms with Crippen LogP contribution in [0.1, 0.15) is 51.0 Å². The highest BCUT2D eigenvalue weighted by molar-refractivity contribution is 7.00. The van der Waals surface area contributed by atoms with Crippen LogP contribution >= 0.6 is 11.7 Å². The molecule has 0 radical (unpaired) electrons. The molecule has 0 aliphatic carbocycles. The molecule has 2 aromatic rings. The Labute approximate surface area is 93.1 Å². The molecule has 0 aromatic carbocycles. The van der Waals surface area contributed by atoms with E-state index in [4.69, 9.17) is 0 Å². The second-order valence-electron chi connectivity index (χ2n) is 4.21. The average molecular weight is 222 g/mol. The highest BCUT2D eigenvalue weighted by Gasteiger charge is 2.15. The van der Waals surface area contributed by atoms with E-state index in [2.05, 4.69) is 46.4 Å². The maximum absolute atomic E-state index is 4.57. The zero-order valence-electron chi connectivity index (χ0n) is 9.35. The smallest absolute Gasteiger partial charge is 0.196 e. The third-order valence-corrected chi connectivity index (χ3v) is 2.75. The summed E-state index contributed by atoms with van der Waals surface area (Å²) >= 11 is 1.20. The van der Waals surface area contributed by atoms with E-state index < -0.39 is 0 Å². The minimum absolute atomic E-state index is 0.327. The van der Waals surface area contributed by atoms with Gasteiger partial charge < -0.3 is 0 Å². The molecule has 0 atom stereocenters. The average Bonchev–Trinajstić information content (AvgIpc) is 2.62. The Morgan fingerprint density at radius 1 is 0.933 bits per heavy atom. The maximum Gasteiger partial charge on any atom is 0.196 e. The van der Waals surface area contributed by atoms with Gasteiger partial charge in [0.15, 0.2) is 5.65 Å². The van der Waals surface area contributed by atoms with Crippen LogP contribution in [0.5, 0.6) is 0 Å². The lowest BCUT2D eigenvalue weighted by atomic mass is 10.1. The lowest BCUT2D eigenvalue weighted by Crippen LogP contribution is -2.04. The predicted molar refractivity (Wildman–Crippen MR) is 61.2 cm³/mol. The van der Waals surface area contributed by atoms with Crippen molar-refractivity contribution in [1.29, 1.82) is 0 Å². The number of aromatic nitrogens is 4. The van der Waals surface area contributed by atoms with E-state index in [1.165, 1.54) is 11.7 Å². The van der Waals surface area contributed by atoms with Crippen molar-refractivity contribution in [3.8, 4) is 0 Å². The summed E-state index contributed by atoms with van der Waals surface area (Å²) in [4.78, 5) is 8.97. The van der Waals surface area contributed by atoms with Crippen LogP contribution in [-0.2, 0) is 0 Å². The molecule has 15 heavy (non-hydrogen) atoms. The van der Waals surface area contributed by atoms with Gasteiger partial charge in [-0.1, -0.05) is 27.7 Å². The molecule has 0 amide bonds. The van der Waals surface area contributed by atoms with Crippen molar-refractivity contribution in [2.24, 2.45) is 0 Å². The highest BCUT2D eigenvalue weighted by atomic mass is 32.1. The Hall–Kier alpha value is -1.10. The van der Waals surface area contributed by atoms with Crippen LogP contribution in [-0.4, -0.2) is 18.7 Å². The van der Waals surface area contributed by atoms with Crippen LogP contribution in [0.4, 0.5) is 0 Å². The number of nitrogens with zero attached hydrogens (tertiary/aromatic N) is 4. The Balaban J connectivity index is 2.69. The molecule has 0 aliphatic heterocycles. The van der Waals surface area contributed by atoms with E-state index in [0.29, 0.717) is 11.8 Å². The second kappa shape index (κ2) is 3.81. The summed E-state index contributed by atoms with van der Waals surface area (Å²) in [6.07, 6.45) is 0. The molecular weight excluding hydrogens is 208 g/mol. The van der Waals surface area contributed by atoms with Gasteiger partial charge in [0.25, 0.3) is 0 Å². The summed E-state index contributed by atoms with van der Waals surface area (Å²) in [6.45, 7) is 8.41. The van der Waals surface area contributed by atoms with Crippen molar-refractivity contribution < 1.29 is 0 Å². The predicted octanol–water partition coefficient (Wildman–Crippen LogP) is 2.73. The summed E-state index contributed by atoms with van der Waals surface area (Å²) in [5.41, 5.74) is 2.61. The molecule has 0 spiro atoms. The van der Waals surface area contributed by atoms with Gasteiger partial charge in [-0.05, 0) is 5.92 Å². The first-order valence-electron chi connectivity index (χ1n) is 5.09. The van der Waals surface area contributed by atoms with E-state index >= 15 is 0 Å². The molecule has 0 N–H and O–H groups in total. The first-order valence-corrected chi connectivity index (χ1v) is 5.82. The van der Waals surface area contributed by atoms with Gasteiger partial charge in [-0.2, -0.15) is 8.75 Å². The Kier molecular flexibility index (Phi) is 2.65. The third kappa shape index (κ3) is 1.84. The van der Waals surface area contributed by atoms with Crippen molar-refractivity contribution >= 4 is 22.9 Å². The number of hydrogen-bond acceptors (Lipinski definition) is 5. The van der Waals surface area contributed by atoms with Crippen molar-refractivity contribution in [2.75, 3.05) is 0 Å². The van der Waals surface area contributed by atoms with E-state index in [0.717, 1.165) is 22.7 Å². The zero-order valence-corrected chi connectivity index (χ0v) is 10.2. The standard InChI is InChI=1S/C10H14N4S/c1-5(2)7-8-10(14-15-13-8)12-9(11-7)6(3)4/h5-6H,1-4H3. The fourth-order valence-electron chi connectivity index (χ4n) is 1.39. The van der Waals surface area contributed by atoms with Crippen molar-refractivity contribution in [2.45, 2.75) is 39.5 Å². The summed E-state index contributed by atoms with van der Waals surface area (Å²) in [5.74, 6) is 1.55. The van der Waals surface area contributed by atoms with Crippen molar-refractivity contribution in [3.63, 3.8) is 0 Å². The molecule has 0 bridgehead atoms. The van der Waals surface area contributed by atoms with Gasteiger partial charge in [0.2, 0.25) is 0 Å². The minimum atomic E-state index is 0.327. The van der Waals surface area contributed by atoms with E-state index in [-0.39, 0.29) is 0 Å². The Morgan fingerprint density at radius 3 is 2.27 bits per heavy atom. The molecule has 2 heterocycles. The molecule has 80 valence electrons. The van der Waals surface area contributed by atoms with Crippen LogP contribution in [0, 0.1) is 0 Å². The van der Waals surface area contributed by atoms with Crippen molar-refractivity contribution in [1.82, 2.24) is 18.7 Å². The van der Waals surface area contributed by atoms with Crippen LogP contribution in [0.25, 0.3) is 11.2 Å². The monoisotopic (exact) mass is 222 g/mol. The first kappa shape index (κ1) is 10.4. The van der Waals surface area contributed by atoms with Crippen molar-refractivity contribution in [3.05, 3.63) is 11.5 Å². The van der Waals surface area contributed by atoms with Gasteiger partial charge in [-0.25, -0.2) is 9.97 Å². The molecule has 0 saturated carbocycles. The summed E-state index contributed by atoms with van der Waals surface area (Å²) in [7, 11) is 0. The van der Waals surface area contributed by atoms with Gasteiger partial charge in [0.1, 0.15) is 11.3 Å². The fourth-order valence-corrected chi connectivity index (χ4v) is 1.89. The molecule has 0 saturated heterocycles. The zero-order chi connectivity index (χ0) is 11.0. The summed E-state index contributed by atoms with van der Waals surface area (Å²) in [6, 6.07) is 0. The Bertz CT molecular complexity index is 475. The van der Waals surface area contributed by atoms with E-state index in [9.17, 15) is 0 Å². The normalized spacial score (nSPS) is 11.9. The molecule has 0 aliphatic rings. The van der Waals surface area contributed by atoms with E-state index in [1.807, 2.05) is 0 Å². The third-order valence-electron chi connectivity index (χ3n) is 2.23. The molecule has 2 aromatic heterocycles. The fraction of sp³-hybridized carbons (Fsp3) is 0.600. The first-order chi connectivity index (χ1) is 7.09. The second-order valence-corrected chi connectivity index (χ2v) is 4.74. The SMILES string of the molecule is CC(C)c1nc(C(C)C)c2nsnc2n1. The van der Waals surface area contributed by atoms with Gasteiger partial charge >= 0.3 is 0 Å². The molecule has 0 fully saturated rings. The van der Waals surface area contributed by atoms with Gasteiger partial charge in [-0.15, -0.1) is 0 Å². The quantitative estimate of drug-likeness (QED) is 0.784. The Morgan fingerprint density at radius 2 is 1.67 bits per heavy atom. The van der Waals surface area contributed by atoms with Gasteiger partial charge in [-0.3, -0.25) is 0 Å². The number of rotatable bonds is 2. The van der Waals surface area contributed by atoms with Crippen LogP contribution in [0.2, 0.25) is 0 Å². The van der Waals surface area contributed by atoms with Gasteiger partial charge in [0.05, 0.1) is 17.4 Å². The molecule has 0 unspecified atom stereocenters. The van der Waals surface area contributed by atoms with Crippen LogP contribution < -0.4 is 0 Å². The van der Waals surface area contributed by atoms with Crippen LogP contribution in [0.15, 0.2) is 0 Å². The lowest BCUT2D eigenvalue weighted by Gasteiger charge is -2.08. The van der Waals surface area contributed by atoms with Gasteiger partial charge in [0, 0.05) is 5.92 Å². The summed E-state index contributed by atoms with van der Waals surface area (Å²) < 4.78 is 8.43. The maximum atomic E-state index is 4.57. The molecule has 4 nitrogen and oxygen atoms in total. The minimum Gasteiger partial charge on any atom is -0.235 e. The summed E-state index contributed by atoms with van der Waals surface area (Å²) in [5, 5.41) is 0. The number of hydrogen-bond donors (Lipinski definition) is 0. The topological polar surface area (TPSA) is 51.6 Å². The molecule has 5 heteroatoms. The molecule has 2 rings (SSSR count). The number of fused-ring (bicyclic) bond motifs is 1. The largest absolute Gasteiger partial charge is 0.235 e. The lowest BCUT2D eigenvalue weighted by molar-refractivity contribution is 0.740. The van der Waals surface area contributed by atoms with Crippen LogP contribution in [0.3, 0.4) is 0 Å². The van der Waals surface area contributed by atoms with E-state index in [1.54, 1.807) is 0 Å².